The third-order valence-corrected chi connectivity index (χ3v) is 8.36. The molecule has 0 radical (unpaired) electrons. The van der Waals surface area contributed by atoms with Crippen molar-refractivity contribution in [1.29, 1.82) is 0 Å². The summed E-state index contributed by atoms with van der Waals surface area (Å²) in [7, 11) is -1.15. The van der Waals surface area contributed by atoms with Gasteiger partial charge in [0, 0.05) is 11.5 Å². The Balaban J connectivity index is 1.25. The molecule has 48 heavy (non-hydrogen) atoms. The molecule has 1 aromatic carbocycles. The van der Waals surface area contributed by atoms with Crippen molar-refractivity contribution < 1.29 is 43.4 Å². The van der Waals surface area contributed by atoms with Crippen molar-refractivity contribution >= 4 is 42.2 Å². The van der Waals surface area contributed by atoms with Crippen molar-refractivity contribution in [3.05, 3.63) is 36.7 Å². The molecule has 5 rings (SSSR count). The lowest BCUT2D eigenvalue weighted by atomic mass is 9.96. The monoisotopic (exact) mass is 685 g/mol. The number of carbonyl (C=O) groups is 1. The predicted molar refractivity (Wildman–Crippen MR) is 173 cm³/mol. The van der Waals surface area contributed by atoms with Gasteiger partial charge in [-0.2, -0.15) is 9.97 Å². The molecule has 1 aliphatic heterocycles. The number of pyridine rings is 1. The zero-order valence-electron chi connectivity index (χ0n) is 27.7. The summed E-state index contributed by atoms with van der Waals surface area (Å²) in [5, 5.41) is 22.9. The Morgan fingerprint density at radius 1 is 1.23 bits per heavy atom. The summed E-state index contributed by atoms with van der Waals surface area (Å²) in [6.45, 7) is 10.9. The van der Waals surface area contributed by atoms with Crippen LogP contribution in [0.25, 0.3) is 22.1 Å². The molecule has 0 spiro atoms. The first-order chi connectivity index (χ1) is 22.6. The Labute approximate surface area is 277 Å². The SMILES string of the molecule is COc1nc(N)nc2c1ncn2C1O[C@H](COc2ccc3cc(O[P+]([O-])=N[C@H](C(=O)OCC(C)(C)C)C(C)C)ccc3n2)[C@@H](O)[C@@]1(C)O. The number of fused-ring (bicyclic) bond motifs is 2. The minimum Gasteiger partial charge on any atom is -0.575 e. The Morgan fingerprint density at radius 3 is 2.67 bits per heavy atom. The molecule has 4 aromatic rings. The van der Waals surface area contributed by atoms with Crippen LogP contribution >= 0.6 is 8.17 Å². The van der Waals surface area contributed by atoms with E-state index in [0.29, 0.717) is 16.4 Å². The van der Waals surface area contributed by atoms with E-state index in [-0.39, 0.29) is 53.7 Å². The molecule has 17 heteroatoms. The number of anilines is 1. The highest BCUT2D eigenvalue weighted by atomic mass is 31.1. The zero-order valence-corrected chi connectivity index (χ0v) is 28.6. The number of methoxy groups -OCH3 is 1. The van der Waals surface area contributed by atoms with Crippen molar-refractivity contribution in [2.75, 3.05) is 26.1 Å². The number of esters is 1. The molecule has 0 saturated carbocycles. The molecule has 2 unspecified atom stereocenters. The molecular weight excluding hydrogens is 645 g/mol. The molecule has 1 aliphatic rings. The van der Waals surface area contributed by atoms with E-state index in [1.807, 2.05) is 20.8 Å². The number of hydrogen-bond donors (Lipinski definition) is 3. The van der Waals surface area contributed by atoms with E-state index in [1.54, 1.807) is 44.2 Å². The molecule has 258 valence electrons. The summed E-state index contributed by atoms with van der Waals surface area (Å²) >= 11 is 0. The predicted octanol–water partition coefficient (Wildman–Crippen LogP) is 2.90. The van der Waals surface area contributed by atoms with Crippen LogP contribution in [0.2, 0.25) is 0 Å². The van der Waals surface area contributed by atoms with Crippen molar-refractivity contribution in [3.8, 4) is 17.5 Å². The van der Waals surface area contributed by atoms with Gasteiger partial charge < -0.3 is 39.8 Å². The van der Waals surface area contributed by atoms with Gasteiger partial charge in [-0.25, -0.2) is 14.8 Å². The average Bonchev–Trinajstić information content (AvgIpc) is 3.53. The number of ether oxygens (including phenoxy) is 4. The maximum atomic E-state index is 12.8. The first-order valence-electron chi connectivity index (χ1n) is 15.2. The second kappa shape index (κ2) is 13.7. The molecule has 0 aliphatic carbocycles. The standard InChI is InChI=1S/C31H40N7O9P/c1-16(2)22(27(40)45-14-30(3,4)5)37-48(42)47-18-9-10-19-17(12-18)8-11-21(34-19)44-13-20-24(39)31(6,41)28(46-20)38-15-33-23-25(38)35-29(32)36-26(23)43-7/h8-12,15-16,20,22,24,28,39,41H,13-14H2,1-7H3,(H2,32,35,36)/t20-,22+,24-,28?,31-/m1/s1. The Bertz CT molecular complexity index is 1830. The van der Waals surface area contributed by atoms with Crippen LogP contribution < -0.4 is 24.6 Å². The van der Waals surface area contributed by atoms with Crippen molar-refractivity contribution in [2.24, 2.45) is 16.1 Å². The third-order valence-electron chi connectivity index (χ3n) is 7.56. The summed E-state index contributed by atoms with van der Waals surface area (Å²) in [5.74, 6) is -0.169. The summed E-state index contributed by atoms with van der Waals surface area (Å²) in [6, 6.07) is 7.29. The smallest absolute Gasteiger partial charge is 0.395 e. The van der Waals surface area contributed by atoms with Crippen molar-refractivity contribution in [1.82, 2.24) is 24.5 Å². The van der Waals surface area contributed by atoms with E-state index < -0.39 is 44.2 Å². The van der Waals surface area contributed by atoms with Crippen molar-refractivity contribution in [3.63, 3.8) is 0 Å². The number of nitrogens with zero attached hydrogens (tertiary/aromatic N) is 6. The normalized spacial score (nSPS) is 22.3. The first kappa shape index (κ1) is 35.1. The van der Waals surface area contributed by atoms with E-state index in [2.05, 4.69) is 24.7 Å². The van der Waals surface area contributed by atoms with Crippen molar-refractivity contribution in [2.45, 2.75) is 71.6 Å². The fourth-order valence-corrected chi connectivity index (χ4v) is 5.93. The van der Waals surface area contributed by atoms with Gasteiger partial charge in [0.1, 0.15) is 24.4 Å². The van der Waals surface area contributed by atoms with Gasteiger partial charge in [-0.05, 0) is 42.5 Å². The van der Waals surface area contributed by atoms with Crippen LogP contribution in [0.15, 0.2) is 41.4 Å². The Hall–Kier alpha value is -4.21. The van der Waals surface area contributed by atoms with Crippen LogP contribution in [0.4, 0.5) is 5.95 Å². The Morgan fingerprint density at radius 2 is 1.98 bits per heavy atom. The number of aliphatic hydroxyl groups excluding tert-OH is 1. The van der Waals surface area contributed by atoms with Crippen LogP contribution in [-0.4, -0.2) is 84.9 Å². The Kier molecular flexibility index (Phi) is 10.0. The van der Waals surface area contributed by atoms with Crippen LogP contribution in [0, 0.1) is 11.3 Å². The van der Waals surface area contributed by atoms with E-state index in [9.17, 15) is 19.9 Å². The highest BCUT2D eigenvalue weighted by Gasteiger charge is 2.54. The third kappa shape index (κ3) is 7.58. The number of aromatic nitrogens is 5. The van der Waals surface area contributed by atoms with E-state index in [4.69, 9.17) is 29.2 Å². The highest BCUT2D eigenvalue weighted by molar-refractivity contribution is 7.34. The molecular formula is C31H40N7O9P. The van der Waals surface area contributed by atoms with Gasteiger partial charge in [0.25, 0.3) is 0 Å². The molecule has 3 aromatic heterocycles. The molecule has 0 bridgehead atoms. The van der Waals surface area contributed by atoms with Gasteiger partial charge >= 0.3 is 14.1 Å². The van der Waals surface area contributed by atoms with Gasteiger partial charge in [0.05, 0.1) is 25.6 Å². The van der Waals surface area contributed by atoms with Gasteiger partial charge in [-0.3, -0.25) is 9.09 Å². The number of imidazole rings is 1. The summed E-state index contributed by atoms with van der Waals surface area (Å²) in [4.78, 5) is 42.3. The number of nitrogens with two attached hydrogens (primary N) is 1. The van der Waals surface area contributed by atoms with Gasteiger partial charge in [-0.15, -0.1) is 0 Å². The minimum absolute atomic E-state index is 0.0579. The van der Waals surface area contributed by atoms with Gasteiger partial charge in [0.2, 0.25) is 17.7 Å². The topological polar surface area (TPSA) is 222 Å². The number of rotatable bonds is 11. The average molecular weight is 686 g/mol. The second-order valence-electron chi connectivity index (χ2n) is 13.2. The molecule has 6 atom stereocenters. The summed E-state index contributed by atoms with van der Waals surface area (Å²) in [5.41, 5.74) is 4.97. The second-order valence-corrected chi connectivity index (χ2v) is 14.1. The number of aliphatic hydroxyl groups is 2. The summed E-state index contributed by atoms with van der Waals surface area (Å²) < 4.78 is 33.6. The number of carbonyl (C=O) groups excluding carboxylic acids is 1. The molecule has 16 nitrogen and oxygen atoms in total. The molecule has 1 fully saturated rings. The lowest BCUT2D eigenvalue weighted by Gasteiger charge is -2.27. The van der Waals surface area contributed by atoms with E-state index >= 15 is 0 Å². The number of hydrogen-bond acceptors (Lipinski definition) is 15. The van der Waals surface area contributed by atoms with Crippen LogP contribution in [0.3, 0.4) is 0 Å². The van der Waals surface area contributed by atoms with E-state index in [1.165, 1.54) is 24.9 Å². The lowest BCUT2D eigenvalue weighted by Crippen LogP contribution is -2.44. The lowest BCUT2D eigenvalue weighted by molar-refractivity contribution is -0.170. The number of benzene rings is 1. The maximum Gasteiger partial charge on any atom is 0.395 e. The van der Waals surface area contributed by atoms with Gasteiger partial charge in [-0.1, -0.05) is 39.4 Å². The summed E-state index contributed by atoms with van der Waals surface area (Å²) in [6.07, 6.45) is -1.98. The molecule has 0 amide bonds. The minimum atomic E-state index is -2.57. The van der Waals surface area contributed by atoms with Crippen LogP contribution in [0.5, 0.6) is 17.5 Å². The largest absolute Gasteiger partial charge is 0.575 e. The fourth-order valence-electron chi connectivity index (χ4n) is 5.03. The quantitative estimate of drug-likeness (QED) is 0.153. The number of nitrogen functional groups attached to an aromatic ring is 1. The maximum absolute atomic E-state index is 12.8. The fraction of sp³-hybridized carbons (Fsp3) is 0.516. The van der Waals surface area contributed by atoms with Gasteiger partial charge in [0.15, 0.2) is 29.2 Å². The molecule has 4 heterocycles. The van der Waals surface area contributed by atoms with Crippen LogP contribution in [-0.2, 0) is 14.3 Å². The van der Waals surface area contributed by atoms with E-state index in [0.717, 1.165) is 0 Å². The van der Waals surface area contributed by atoms with Crippen LogP contribution in [0.1, 0.15) is 47.8 Å². The molecule has 1 saturated heterocycles. The highest BCUT2D eigenvalue weighted by Crippen LogP contribution is 2.40. The first-order valence-corrected chi connectivity index (χ1v) is 16.4. The molecule has 4 N–H and O–H groups in total. The zero-order chi connectivity index (χ0) is 35.0.